The Balaban J connectivity index is 2.16. The van der Waals surface area contributed by atoms with E-state index in [4.69, 9.17) is 0 Å². The molecule has 0 atom stereocenters. The summed E-state index contributed by atoms with van der Waals surface area (Å²) >= 11 is 0. The van der Waals surface area contributed by atoms with E-state index in [2.05, 4.69) is 15.5 Å². The van der Waals surface area contributed by atoms with Gasteiger partial charge < -0.3 is 5.32 Å². The molecule has 1 amide bonds. The standard InChI is InChI=1S/C13H13N3O2/c1-8-6-12(16-15-8)13(18)14-11-5-3-4-10(7-11)9(2)17/h3-7H,1-2H3,(H,14,18)(H,15,16). The summed E-state index contributed by atoms with van der Waals surface area (Å²) in [5, 5.41) is 9.26. The minimum absolute atomic E-state index is 0.0401. The number of nitrogens with one attached hydrogen (secondary N) is 2. The first-order chi connectivity index (χ1) is 8.56. The van der Waals surface area contributed by atoms with Gasteiger partial charge in [-0.15, -0.1) is 0 Å². The van der Waals surface area contributed by atoms with Gasteiger partial charge in [-0.25, -0.2) is 0 Å². The van der Waals surface area contributed by atoms with E-state index in [0.29, 0.717) is 16.9 Å². The van der Waals surface area contributed by atoms with Gasteiger partial charge in [-0.2, -0.15) is 5.10 Å². The van der Waals surface area contributed by atoms with Crippen LogP contribution in [0.4, 0.5) is 5.69 Å². The summed E-state index contributed by atoms with van der Waals surface area (Å²) in [5.74, 6) is -0.346. The molecule has 1 heterocycles. The van der Waals surface area contributed by atoms with Gasteiger partial charge in [0.2, 0.25) is 0 Å². The summed E-state index contributed by atoms with van der Waals surface area (Å²) in [6.07, 6.45) is 0. The Hall–Kier alpha value is -2.43. The molecule has 0 spiro atoms. The lowest BCUT2D eigenvalue weighted by Gasteiger charge is -2.04. The third kappa shape index (κ3) is 2.63. The highest BCUT2D eigenvalue weighted by molar-refractivity contribution is 6.03. The number of carbonyl (C=O) groups is 2. The lowest BCUT2D eigenvalue weighted by Crippen LogP contribution is -2.12. The molecule has 2 rings (SSSR count). The van der Waals surface area contributed by atoms with Crippen LogP contribution < -0.4 is 5.32 Å². The molecule has 92 valence electrons. The van der Waals surface area contributed by atoms with Crippen molar-refractivity contribution in [1.29, 1.82) is 0 Å². The van der Waals surface area contributed by atoms with Crippen LogP contribution in [0.5, 0.6) is 0 Å². The summed E-state index contributed by atoms with van der Waals surface area (Å²) in [6, 6.07) is 8.45. The normalized spacial score (nSPS) is 10.1. The lowest BCUT2D eigenvalue weighted by atomic mass is 10.1. The second-order valence-corrected chi connectivity index (χ2v) is 4.03. The molecule has 0 aliphatic carbocycles. The first-order valence-corrected chi connectivity index (χ1v) is 5.50. The average Bonchev–Trinajstić information content (AvgIpc) is 2.76. The van der Waals surface area contributed by atoms with Gasteiger partial charge in [0.15, 0.2) is 11.5 Å². The molecule has 18 heavy (non-hydrogen) atoms. The third-order valence-electron chi connectivity index (χ3n) is 2.47. The molecule has 0 aliphatic rings. The molecule has 5 nitrogen and oxygen atoms in total. The first kappa shape index (κ1) is 12.0. The molecular weight excluding hydrogens is 230 g/mol. The predicted octanol–water partition coefficient (Wildman–Crippen LogP) is 2.17. The lowest BCUT2D eigenvalue weighted by molar-refractivity contribution is 0.100. The summed E-state index contributed by atoms with van der Waals surface area (Å²) in [5.41, 5.74) is 2.28. The molecule has 2 N–H and O–H groups in total. The molecule has 0 aliphatic heterocycles. The second-order valence-electron chi connectivity index (χ2n) is 4.03. The summed E-state index contributed by atoms with van der Waals surface area (Å²) in [4.78, 5) is 23.1. The fourth-order valence-electron chi connectivity index (χ4n) is 1.55. The van der Waals surface area contributed by atoms with Crippen molar-refractivity contribution < 1.29 is 9.59 Å². The number of hydrogen-bond donors (Lipinski definition) is 2. The fourth-order valence-corrected chi connectivity index (χ4v) is 1.55. The number of aromatic nitrogens is 2. The maximum Gasteiger partial charge on any atom is 0.276 e. The molecule has 5 heteroatoms. The Bertz CT molecular complexity index is 602. The predicted molar refractivity (Wildman–Crippen MR) is 67.7 cm³/mol. The summed E-state index contributed by atoms with van der Waals surface area (Å²) < 4.78 is 0. The number of aryl methyl sites for hydroxylation is 1. The van der Waals surface area contributed by atoms with E-state index in [1.165, 1.54) is 6.92 Å². The molecule has 0 radical (unpaired) electrons. The molecule has 0 unspecified atom stereocenters. The zero-order valence-corrected chi connectivity index (χ0v) is 10.2. The number of ketones is 1. The van der Waals surface area contributed by atoms with Gasteiger partial charge in [-0.05, 0) is 32.0 Å². The average molecular weight is 243 g/mol. The molecule has 0 saturated heterocycles. The number of nitrogens with zero attached hydrogens (tertiary/aromatic N) is 1. The van der Waals surface area contributed by atoms with Crippen molar-refractivity contribution in [1.82, 2.24) is 10.2 Å². The topological polar surface area (TPSA) is 74.8 Å². The van der Waals surface area contributed by atoms with Gasteiger partial charge in [0, 0.05) is 16.9 Å². The summed E-state index contributed by atoms with van der Waals surface area (Å²) in [7, 11) is 0. The van der Waals surface area contributed by atoms with Gasteiger partial charge in [-0.1, -0.05) is 12.1 Å². The number of anilines is 1. The Morgan fingerprint density at radius 2 is 2.06 bits per heavy atom. The number of carbonyl (C=O) groups excluding carboxylic acids is 2. The van der Waals surface area contributed by atoms with E-state index >= 15 is 0 Å². The van der Waals surface area contributed by atoms with Crippen LogP contribution in [0.1, 0.15) is 33.5 Å². The van der Waals surface area contributed by atoms with Crippen LogP contribution in [0.3, 0.4) is 0 Å². The van der Waals surface area contributed by atoms with Gasteiger partial charge >= 0.3 is 0 Å². The van der Waals surface area contributed by atoms with Gasteiger partial charge in [0.1, 0.15) is 0 Å². The zero-order valence-electron chi connectivity index (χ0n) is 10.2. The quantitative estimate of drug-likeness (QED) is 0.811. The second kappa shape index (κ2) is 4.83. The number of rotatable bonds is 3. The molecule has 0 fully saturated rings. The Labute approximate surface area is 104 Å². The largest absolute Gasteiger partial charge is 0.321 e. The van der Waals surface area contributed by atoms with Crippen molar-refractivity contribution in [3.05, 3.63) is 47.3 Å². The van der Waals surface area contributed by atoms with Crippen LogP contribution in [-0.2, 0) is 0 Å². The minimum atomic E-state index is -0.306. The van der Waals surface area contributed by atoms with E-state index in [1.54, 1.807) is 30.3 Å². The van der Waals surface area contributed by atoms with Crippen LogP contribution in [0.25, 0.3) is 0 Å². The first-order valence-electron chi connectivity index (χ1n) is 5.50. The Kier molecular flexibility index (Phi) is 3.23. The zero-order chi connectivity index (χ0) is 13.1. The number of H-pyrrole nitrogens is 1. The van der Waals surface area contributed by atoms with Crippen LogP contribution in [0.2, 0.25) is 0 Å². The van der Waals surface area contributed by atoms with Gasteiger partial charge in [-0.3, -0.25) is 14.7 Å². The summed E-state index contributed by atoms with van der Waals surface area (Å²) in [6.45, 7) is 3.30. The SMILES string of the molecule is CC(=O)c1cccc(NC(=O)c2cc(C)[nH]n2)c1. The van der Waals surface area contributed by atoms with Crippen molar-refractivity contribution in [2.75, 3.05) is 5.32 Å². The molecule has 2 aromatic rings. The number of amides is 1. The molecule has 0 bridgehead atoms. The fraction of sp³-hybridized carbons (Fsp3) is 0.154. The molecule has 0 saturated carbocycles. The van der Waals surface area contributed by atoms with Crippen molar-refractivity contribution >= 4 is 17.4 Å². The number of Topliss-reactive ketones (excluding diaryl/α,β-unsaturated/α-hetero) is 1. The Morgan fingerprint density at radius 1 is 1.28 bits per heavy atom. The molecular formula is C13H13N3O2. The highest BCUT2D eigenvalue weighted by Crippen LogP contribution is 2.12. The van der Waals surface area contributed by atoms with Gasteiger partial charge in [0.05, 0.1) is 0 Å². The molecule has 1 aromatic heterocycles. The molecule has 1 aromatic carbocycles. The third-order valence-corrected chi connectivity index (χ3v) is 2.47. The van der Waals surface area contributed by atoms with Gasteiger partial charge in [0.25, 0.3) is 5.91 Å². The van der Waals surface area contributed by atoms with Crippen molar-refractivity contribution in [2.24, 2.45) is 0 Å². The van der Waals surface area contributed by atoms with E-state index in [1.807, 2.05) is 6.92 Å². The maximum absolute atomic E-state index is 11.8. The van der Waals surface area contributed by atoms with Crippen LogP contribution in [0.15, 0.2) is 30.3 Å². The monoisotopic (exact) mass is 243 g/mol. The van der Waals surface area contributed by atoms with Crippen LogP contribution in [0, 0.1) is 6.92 Å². The van der Waals surface area contributed by atoms with E-state index in [0.717, 1.165) is 5.69 Å². The highest BCUT2D eigenvalue weighted by Gasteiger charge is 2.10. The van der Waals surface area contributed by atoms with Crippen LogP contribution >= 0.6 is 0 Å². The van der Waals surface area contributed by atoms with Crippen molar-refractivity contribution in [3.63, 3.8) is 0 Å². The number of aromatic amines is 1. The van der Waals surface area contributed by atoms with Crippen LogP contribution in [-0.4, -0.2) is 21.9 Å². The number of hydrogen-bond acceptors (Lipinski definition) is 3. The maximum atomic E-state index is 11.8. The smallest absolute Gasteiger partial charge is 0.276 e. The van der Waals surface area contributed by atoms with E-state index in [-0.39, 0.29) is 11.7 Å². The van der Waals surface area contributed by atoms with E-state index in [9.17, 15) is 9.59 Å². The van der Waals surface area contributed by atoms with Crippen molar-refractivity contribution in [3.8, 4) is 0 Å². The van der Waals surface area contributed by atoms with Crippen molar-refractivity contribution in [2.45, 2.75) is 13.8 Å². The Morgan fingerprint density at radius 3 is 2.67 bits per heavy atom. The highest BCUT2D eigenvalue weighted by atomic mass is 16.2. The minimum Gasteiger partial charge on any atom is -0.321 e. The van der Waals surface area contributed by atoms with E-state index < -0.39 is 0 Å². The number of benzene rings is 1.